The van der Waals surface area contributed by atoms with Crippen molar-refractivity contribution in [1.82, 2.24) is 10.6 Å². The highest BCUT2D eigenvalue weighted by Crippen LogP contribution is 2.14. The van der Waals surface area contributed by atoms with Crippen LogP contribution in [0.1, 0.15) is 18.1 Å². The maximum atomic E-state index is 9.80. The lowest BCUT2D eigenvalue weighted by atomic mass is 10.2. The van der Waals surface area contributed by atoms with E-state index in [9.17, 15) is 5.11 Å². The monoisotopic (exact) mass is 225 g/mol. The number of guanidine groups is 1. The second-order valence-corrected chi connectivity index (χ2v) is 4.24. The molecule has 1 aliphatic heterocycles. The van der Waals surface area contributed by atoms with E-state index in [2.05, 4.69) is 15.6 Å². The van der Waals surface area contributed by atoms with Crippen LogP contribution in [0.4, 0.5) is 0 Å². The topological polar surface area (TPSA) is 56.6 Å². The van der Waals surface area contributed by atoms with Gasteiger partial charge >= 0.3 is 0 Å². The zero-order chi connectivity index (χ0) is 10.5. The highest BCUT2D eigenvalue weighted by molar-refractivity contribution is 7.07. The number of hydrogen-bond donors (Lipinski definition) is 3. The van der Waals surface area contributed by atoms with E-state index in [1.54, 1.807) is 11.3 Å². The van der Waals surface area contributed by atoms with Gasteiger partial charge in [-0.25, -0.2) is 0 Å². The van der Waals surface area contributed by atoms with E-state index in [0.717, 1.165) is 31.0 Å². The fourth-order valence-electron chi connectivity index (χ4n) is 1.43. The van der Waals surface area contributed by atoms with Crippen molar-refractivity contribution in [2.75, 3.05) is 19.6 Å². The van der Waals surface area contributed by atoms with Crippen molar-refractivity contribution in [2.24, 2.45) is 4.99 Å². The smallest absolute Gasteiger partial charge is 0.191 e. The summed E-state index contributed by atoms with van der Waals surface area (Å²) in [4.78, 5) is 4.27. The molecule has 0 aromatic carbocycles. The largest absolute Gasteiger partial charge is 0.387 e. The Morgan fingerprint density at radius 2 is 2.60 bits per heavy atom. The van der Waals surface area contributed by atoms with Gasteiger partial charge in [0, 0.05) is 19.6 Å². The third-order valence-electron chi connectivity index (χ3n) is 2.29. The zero-order valence-corrected chi connectivity index (χ0v) is 9.26. The van der Waals surface area contributed by atoms with Crippen LogP contribution in [0, 0.1) is 0 Å². The number of aliphatic imine (C=N–C) groups is 1. The SMILES string of the molecule is OC(CNC1=NCCCN1)c1ccsc1. The number of thiophene rings is 1. The molecule has 0 radical (unpaired) electrons. The van der Waals surface area contributed by atoms with Crippen LogP contribution >= 0.6 is 11.3 Å². The summed E-state index contributed by atoms with van der Waals surface area (Å²) >= 11 is 1.60. The van der Waals surface area contributed by atoms with E-state index in [4.69, 9.17) is 0 Å². The first kappa shape index (κ1) is 10.4. The minimum atomic E-state index is -0.456. The summed E-state index contributed by atoms with van der Waals surface area (Å²) in [6.45, 7) is 2.33. The van der Waals surface area contributed by atoms with E-state index < -0.39 is 6.10 Å². The second kappa shape index (κ2) is 5.14. The van der Waals surface area contributed by atoms with E-state index in [-0.39, 0.29) is 0 Å². The van der Waals surface area contributed by atoms with Crippen LogP contribution in [0.5, 0.6) is 0 Å². The zero-order valence-electron chi connectivity index (χ0n) is 8.44. The molecule has 4 nitrogen and oxygen atoms in total. The third-order valence-corrected chi connectivity index (χ3v) is 2.99. The molecule has 0 saturated carbocycles. The van der Waals surface area contributed by atoms with Crippen molar-refractivity contribution in [2.45, 2.75) is 12.5 Å². The normalized spacial score (nSPS) is 17.8. The molecule has 0 saturated heterocycles. The molecule has 15 heavy (non-hydrogen) atoms. The quantitative estimate of drug-likeness (QED) is 0.710. The van der Waals surface area contributed by atoms with Gasteiger partial charge in [0.05, 0.1) is 6.10 Å². The Bertz CT molecular complexity index is 323. The molecule has 1 aromatic rings. The summed E-state index contributed by atoms with van der Waals surface area (Å²) < 4.78 is 0. The van der Waals surface area contributed by atoms with Crippen LogP contribution in [0.25, 0.3) is 0 Å². The molecule has 0 fully saturated rings. The van der Waals surface area contributed by atoms with Crippen LogP contribution in [-0.4, -0.2) is 30.7 Å². The molecule has 1 atom stereocenters. The highest BCUT2D eigenvalue weighted by atomic mass is 32.1. The molecule has 0 amide bonds. The Balaban J connectivity index is 1.80. The fourth-order valence-corrected chi connectivity index (χ4v) is 2.13. The van der Waals surface area contributed by atoms with Gasteiger partial charge in [0.2, 0.25) is 0 Å². The average molecular weight is 225 g/mol. The predicted octanol–water partition coefficient (Wildman–Crippen LogP) is 0.720. The van der Waals surface area contributed by atoms with Gasteiger partial charge in [-0.05, 0) is 28.8 Å². The Morgan fingerprint density at radius 1 is 1.67 bits per heavy atom. The number of rotatable bonds is 3. The number of nitrogens with zero attached hydrogens (tertiary/aromatic N) is 1. The van der Waals surface area contributed by atoms with E-state index in [1.165, 1.54) is 0 Å². The Hall–Kier alpha value is -1.07. The van der Waals surface area contributed by atoms with Gasteiger partial charge in [0.25, 0.3) is 0 Å². The van der Waals surface area contributed by atoms with Gasteiger partial charge in [-0.1, -0.05) is 0 Å². The third kappa shape index (κ3) is 2.94. The fraction of sp³-hybridized carbons (Fsp3) is 0.500. The molecule has 5 heteroatoms. The van der Waals surface area contributed by atoms with Gasteiger partial charge in [-0.3, -0.25) is 4.99 Å². The van der Waals surface area contributed by atoms with Crippen molar-refractivity contribution in [3.8, 4) is 0 Å². The minimum absolute atomic E-state index is 0.456. The molecule has 0 aliphatic carbocycles. The standard InChI is InChI=1S/C10H15N3OS/c14-9(8-2-5-15-7-8)6-13-10-11-3-1-4-12-10/h2,5,7,9,14H,1,3-4,6H2,(H2,11,12,13). The molecule has 1 aromatic heterocycles. The van der Waals surface area contributed by atoms with Crippen LogP contribution < -0.4 is 10.6 Å². The molecule has 1 unspecified atom stereocenters. The summed E-state index contributed by atoms with van der Waals surface area (Å²) in [5.41, 5.74) is 0.962. The van der Waals surface area contributed by atoms with Gasteiger partial charge < -0.3 is 15.7 Å². The van der Waals surface area contributed by atoms with Crippen LogP contribution in [0.15, 0.2) is 21.8 Å². The van der Waals surface area contributed by atoms with Crippen molar-refractivity contribution in [1.29, 1.82) is 0 Å². The van der Waals surface area contributed by atoms with E-state index >= 15 is 0 Å². The molecule has 0 bridgehead atoms. The van der Waals surface area contributed by atoms with Gasteiger partial charge in [-0.2, -0.15) is 11.3 Å². The minimum Gasteiger partial charge on any atom is -0.387 e. The summed E-state index contributed by atoms with van der Waals surface area (Å²) in [5, 5.41) is 20.0. The Morgan fingerprint density at radius 3 is 3.27 bits per heavy atom. The maximum absolute atomic E-state index is 9.80. The predicted molar refractivity (Wildman–Crippen MR) is 62.2 cm³/mol. The molecule has 2 rings (SSSR count). The van der Waals surface area contributed by atoms with E-state index in [1.807, 2.05) is 16.8 Å². The summed E-state index contributed by atoms with van der Waals surface area (Å²) in [7, 11) is 0. The lowest BCUT2D eigenvalue weighted by molar-refractivity contribution is 0.181. The van der Waals surface area contributed by atoms with Crippen molar-refractivity contribution in [3.63, 3.8) is 0 Å². The molecule has 1 aliphatic rings. The van der Waals surface area contributed by atoms with Gasteiger partial charge in [0.15, 0.2) is 5.96 Å². The molecule has 0 spiro atoms. The first-order chi connectivity index (χ1) is 7.36. The lowest BCUT2D eigenvalue weighted by Crippen LogP contribution is -2.42. The summed E-state index contributed by atoms with van der Waals surface area (Å²) in [5.74, 6) is 0.801. The average Bonchev–Trinajstić information content (AvgIpc) is 2.81. The van der Waals surface area contributed by atoms with Gasteiger partial charge in [-0.15, -0.1) is 0 Å². The highest BCUT2D eigenvalue weighted by Gasteiger charge is 2.09. The van der Waals surface area contributed by atoms with Crippen LogP contribution in [-0.2, 0) is 0 Å². The van der Waals surface area contributed by atoms with Gasteiger partial charge in [0.1, 0.15) is 0 Å². The van der Waals surface area contributed by atoms with Crippen LogP contribution in [0.2, 0.25) is 0 Å². The number of nitrogens with one attached hydrogen (secondary N) is 2. The second-order valence-electron chi connectivity index (χ2n) is 3.46. The van der Waals surface area contributed by atoms with E-state index in [0.29, 0.717) is 6.54 Å². The number of aliphatic hydroxyl groups excluding tert-OH is 1. The molecular formula is C10H15N3OS. The Labute approximate surface area is 93.0 Å². The molecule has 3 N–H and O–H groups in total. The molecular weight excluding hydrogens is 210 g/mol. The van der Waals surface area contributed by atoms with Crippen molar-refractivity contribution >= 4 is 17.3 Å². The number of hydrogen-bond acceptors (Lipinski definition) is 5. The summed E-state index contributed by atoms with van der Waals surface area (Å²) in [6, 6.07) is 1.94. The lowest BCUT2D eigenvalue weighted by Gasteiger charge is -2.17. The van der Waals surface area contributed by atoms with Crippen molar-refractivity contribution in [3.05, 3.63) is 22.4 Å². The maximum Gasteiger partial charge on any atom is 0.191 e. The Kier molecular flexibility index (Phi) is 3.58. The molecule has 82 valence electrons. The van der Waals surface area contributed by atoms with Crippen molar-refractivity contribution < 1.29 is 5.11 Å². The first-order valence-electron chi connectivity index (χ1n) is 5.08. The summed E-state index contributed by atoms with van der Waals surface area (Å²) in [6.07, 6.45) is 0.626. The van der Waals surface area contributed by atoms with Crippen LogP contribution in [0.3, 0.4) is 0 Å². The number of aliphatic hydroxyl groups is 1. The first-order valence-corrected chi connectivity index (χ1v) is 6.03. The molecule has 2 heterocycles.